The number of rotatable bonds is 2. The fourth-order valence-corrected chi connectivity index (χ4v) is 2.22. The van der Waals surface area contributed by atoms with Crippen molar-refractivity contribution in [3.63, 3.8) is 0 Å². The molecule has 3 rings (SSSR count). The molecule has 0 amide bonds. The number of anilines is 1. The molecule has 2 heterocycles. The van der Waals surface area contributed by atoms with Gasteiger partial charge in [-0.1, -0.05) is 6.92 Å². The molecule has 2 aromatic heterocycles. The van der Waals surface area contributed by atoms with Gasteiger partial charge in [0.15, 0.2) is 5.65 Å². The quantitative estimate of drug-likeness (QED) is 0.835. The van der Waals surface area contributed by atoms with E-state index in [2.05, 4.69) is 21.5 Å². The lowest BCUT2D eigenvalue weighted by Gasteiger charge is -2.04. The standard InChI is InChI=1S/C12H16N4/c1-7-3-4-14-11-10(7)15-12(13)16(11)6-9-5-8(9)2/h3-4,8-9H,5-6H2,1-2H3,(H2,13,15). The van der Waals surface area contributed by atoms with Gasteiger partial charge in [0.05, 0.1) is 0 Å². The van der Waals surface area contributed by atoms with Crippen LogP contribution in [0.3, 0.4) is 0 Å². The lowest BCUT2D eigenvalue weighted by Crippen LogP contribution is -2.06. The largest absolute Gasteiger partial charge is 0.369 e. The zero-order chi connectivity index (χ0) is 11.3. The second-order valence-electron chi connectivity index (χ2n) is 4.85. The van der Waals surface area contributed by atoms with Crippen molar-refractivity contribution in [3.8, 4) is 0 Å². The highest BCUT2D eigenvalue weighted by molar-refractivity contribution is 5.77. The average molecular weight is 216 g/mol. The van der Waals surface area contributed by atoms with E-state index in [1.807, 2.05) is 19.2 Å². The maximum Gasteiger partial charge on any atom is 0.202 e. The lowest BCUT2D eigenvalue weighted by molar-refractivity contribution is 0.609. The molecule has 2 aromatic rings. The van der Waals surface area contributed by atoms with Crippen molar-refractivity contribution in [2.75, 3.05) is 5.73 Å². The number of pyridine rings is 1. The van der Waals surface area contributed by atoms with Gasteiger partial charge in [-0.15, -0.1) is 0 Å². The van der Waals surface area contributed by atoms with Crippen molar-refractivity contribution < 1.29 is 0 Å². The normalized spacial score (nSPS) is 23.9. The Bertz CT molecular complexity index is 543. The molecule has 0 aromatic carbocycles. The van der Waals surface area contributed by atoms with Crippen molar-refractivity contribution in [1.29, 1.82) is 0 Å². The summed E-state index contributed by atoms with van der Waals surface area (Å²) in [5.74, 6) is 2.17. The van der Waals surface area contributed by atoms with Crippen LogP contribution in [-0.4, -0.2) is 14.5 Å². The number of nitrogens with zero attached hydrogens (tertiary/aromatic N) is 3. The van der Waals surface area contributed by atoms with Crippen LogP contribution in [0.4, 0.5) is 5.95 Å². The first-order chi connectivity index (χ1) is 7.66. The third-order valence-corrected chi connectivity index (χ3v) is 3.56. The molecule has 0 bridgehead atoms. The zero-order valence-corrected chi connectivity index (χ0v) is 9.64. The Morgan fingerprint density at radius 3 is 3.00 bits per heavy atom. The minimum atomic E-state index is 0.593. The molecule has 2 atom stereocenters. The van der Waals surface area contributed by atoms with Crippen LogP contribution >= 0.6 is 0 Å². The highest BCUT2D eigenvalue weighted by Crippen LogP contribution is 2.40. The summed E-state index contributed by atoms with van der Waals surface area (Å²) in [5.41, 5.74) is 8.96. The molecule has 2 unspecified atom stereocenters. The van der Waals surface area contributed by atoms with Gasteiger partial charge in [0.25, 0.3) is 0 Å². The van der Waals surface area contributed by atoms with Crippen molar-refractivity contribution in [2.24, 2.45) is 11.8 Å². The van der Waals surface area contributed by atoms with Gasteiger partial charge < -0.3 is 5.73 Å². The van der Waals surface area contributed by atoms with E-state index in [9.17, 15) is 0 Å². The number of aromatic nitrogens is 3. The van der Waals surface area contributed by atoms with E-state index in [0.29, 0.717) is 5.95 Å². The van der Waals surface area contributed by atoms with Crippen LogP contribution in [-0.2, 0) is 6.54 Å². The molecule has 0 aliphatic heterocycles. The fraction of sp³-hybridized carbons (Fsp3) is 0.500. The minimum absolute atomic E-state index is 0.593. The number of nitrogen functional groups attached to an aromatic ring is 1. The van der Waals surface area contributed by atoms with Crippen LogP contribution in [0.15, 0.2) is 12.3 Å². The van der Waals surface area contributed by atoms with Gasteiger partial charge >= 0.3 is 0 Å². The Morgan fingerprint density at radius 1 is 1.56 bits per heavy atom. The number of hydrogen-bond acceptors (Lipinski definition) is 3. The summed E-state index contributed by atoms with van der Waals surface area (Å²) in [6, 6.07) is 1.97. The maximum atomic E-state index is 5.96. The average Bonchev–Trinajstić information content (AvgIpc) is 2.84. The third-order valence-electron chi connectivity index (χ3n) is 3.56. The summed E-state index contributed by atoms with van der Waals surface area (Å²) >= 11 is 0. The highest BCUT2D eigenvalue weighted by atomic mass is 15.2. The fourth-order valence-electron chi connectivity index (χ4n) is 2.22. The van der Waals surface area contributed by atoms with Crippen molar-refractivity contribution >= 4 is 17.1 Å². The van der Waals surface area contributed by atoms with E-state index in [1.165, 1.54) is 6.42 Å². The van der Waals surface area contributed by atoms with Crippen LogP contribution in [0.1, 0.15) is 18.9 Å². The lowest BCUT2D eigenvalue weighted by atomic mass is 10.3. The van der Waals surface area contributed by atoms with Crippen molar-refractivity contribution in [3.05, 3.63) is 17.8 Å². The molecule has 16 heavy (non-hydrogen) atoms. The van der Waals surface area contributed by atoms with Gasteiger partial charge in [-0.2, -0.15) is 0 Å². The van der Waals surface area contributed by atoms with Crippen LogP contribution in [0, 0.1) is 18.8 Å². The number of aryl methyl sites for hydroxylation is 1. The molecular formula is C12H16N4. The van der Waals surface area contributed by atoms with Gasteiger partial charge in [0.2, 0.25) is 5.95 Å². The van der Waals surface area contributed by atoms with E-state index >= 15 is 0 Å². The van der Waals surface area contributed by atoms with Crippen molar-refractivity contribution in [2.45, 2.75) is 26.8 Å². The first kappa shape index (κ1) is 9.63. The van der Waals surface area contributed by atoms with Crippen LogP contribution in [0.25, 0.3) is 11.2 Å². The number of fused-ring (bicyclic) bond motifs is 1. The van der Waals surface area contributed by atoms with Crippen molar-refractivity contribution in [1.82, 2.24) is 14.5 Å². The number of imidazole rings is 1. The molecule has 0 spiro atoms. The van der Waals surface area contributed by atoms with E-state index in [0.717, 1.165) is 35.1 Å². The van der Waals surface area contributed by atoms with Crippen LogP contribution in [0.2, 0.25) is 0 Å². The summed E-state index contributed by atoms with van der Waals surface area (Å²) in [6.07, 6.45) is 3.12. The maximum absolute atomic E-state index is 5.96. The summed E-state index contributed by atoms with van der Waals surface area (Å²) in [7, 11) is 0. The van der Waals surface area contributed by atoms with Crippen LogP contribution in [0.5, 0.6) is 0 Å². The molecule has 84 valence electrons. The van der Waals surface area contributed by atoms with Gasteiger partial charge in [-0.05, 0) is 36.8 Å². The number of hydrogen-bond donors (Lipinski definition) is 1. The molecule has 0 radical (unpaired) electrons. The molecule has 4 nitrogen and oxygen atoms in total. The smallest absolute Gasteiger partial charge is 0.202 e. The van der Waals surface area contributed by atoms with E-state index < -0.39 is 0 Å². The molecule has 1 fully saturated rings. The van der Waals surface area contributed by atoms with Crippen LogP contribution < -0.4 is 5.73 Å². The van der Waals surface area contributed by atoms with E-state index in [1.54, 1.807) is 0 Å². The Morgan fingerprint density at radius 2 is 2.31 bits per heavy atom. The Labute approximate surface area is 94.5 Å². The zero-order valence-electron chi connectivity index (χ0n) is 9.64. The van der Waals surface area contributed by atoms with E-state index in [4.69, 9.17) is 5.73 Å². The second-order valence-corrected chi connectivity index (χ2v) is 4.85. The second kappa shape index (κ2) is 3.20. The van der Waals surface area contributed by atoms with Gasteiger partial charge in [-0.3, -0.25) is 4.57 Å². The first-order valence-corrected chi connectivity index (χ1v) is 5.74. The molecule has 2 N–H and O–H groups in total. The summed E-state index contributed by atoms with van der Waals surface area (Å²) in [6.45, 7) is 5.28. The molecular weight excluding hydrogens is 200 g/mol. The molecule has 1 aliphatic rings. The molecule has 0 saturated heterocycles. The van der Waals surface area contributed by atoms with Gasteiger partial charge in [0.1, 0.15) is 5.52 Å². The van der Waals surface area contributed by atoms with Gasteiger partial charge in [-0.25, -0.2) is 9.97 Å². The first-order valence-electron chi connectivity index (χ1n) is 5.74. The number of nitrogens with two attached hydrogens (primary N) is 1. The molecule has 1 aliphatic carbocycles. The van der Waals surface area contributed by atoms with E-state index in [-0.39, 0.29) is 0 Å². The summed E-state index contributed by atoms with van der Waals surface area (Å²) in [5, 5.41) is 0. The minimum Gasteiger partial charge on any atom is -0.369 e. The highest BCUT2D eigenvalue weighted by Gasteiger charge is 2.33. The Balaban J connectivity index is 2.09. The SMILES string of the molecule is Cc1ccnc2c1nc(N)n2CC1CC1C. The predicted octanol–water partition coefficient (Wildman–Crippen LogP) is 1.98. The Kier molecular flexibility index (Phi) is 1.93. The Hall–Kier alpha value is -1.58. The summed E-state index contributed by atoms with van der Waals surface area (Å²) < 4.78 is 2.05. The third kappa shape index (κ3) is 1.37. The molecule has 4 heteroatoms. The van der Waals surface area contributed by atoms with Gasteiger partial charge in [0, 0.05) is 12.7 Å². The monoisotopic (exact) mass is 216 g/mol. The topological polar surface area (TPSA) is 56.7 Å². The summed E-state index contributed by atoms with van der Waals surface area (Å²) in [4.78, 5) is 8.79. The molecule has 1 saturated carbocycles. The predicted molar refractivity (Wildman–Crippen MR) is 63.9 cm³/mol.